The number of fused-ring (bicyclic) bond motifs is 1. The Morgan fingerprint density at radius 3 is 2.50 bits per heavy atom. The summed E-state index contributed by atoms with van der Waals surface area (Å²) in [6.45, 7) is 0. The van der Waals surface area contributed by atoms with E-state index in [1.165, 1.54) is 0 Å². The summed E-state index contributed by atoms with van der Waals surface area (Å²) in [5.74, 6) is 1.43. The van der Waals surface area contributed by atoms with Gasteiger partial charge in [-0.3, -0.25) is 9.97 Å². The molecule has 0 saturated heterocycles. The average Bonchev–Trinajstić information content (AvgIpc) is 2.53. The van der Waals surface area contributed by atoms with E-state index < -0.39 is 0 Å². The standard InChI is InChI=1S/C16H14N2O2/c1-19-15-4-3-11(8-16(15)20-2)13-7-12-5-6-17-10-14(12)18-9-13/h3-10H,1-2H3. The van der Waals surface area contributed by atoms with Crippen LogP contribution in [-0.2, 0) is 0 Å². The Bertz CT molecular complexity index is 756. The zero-order valence-corrected chi connectivity index (χ0v) is 11.3. The normalized spacial score (nSPS) is 10.5. The Hall–Kier alpha value is -2.62. The molecular formula is C16H14N2O2. The van der Waals surface area contributed by atoms with Gasteiger partial charge >= 0.3 is 0 Å². The van der Waals surface area contributed by atoms with Gasteiger partial charge < -0.3 is 9.47 Å². The summed E-state index contributed by atoms with van der Waals surface area (Å²) in [6, 6.07) is 9.87. The fourth-order valence-corrected chi connectivity index (χ4v) is 2.14. The maximum Gasteiger partial charge on any atom is 0.161 e. The number of ether oxygens (including phenoxy) is 2. The Morgan fingerprint density at radius 2 is 1.70 bits per heavy atom. The van der Waals surface area contributed by atoms with Crippen molar-refractivity contribution in [1.29, 1.82) is 0 Å². The second-order valence-corrected chi connectivity index (χ2v) is 4.36. The van der Waals surface area contributed by atoms with Crippen LogP contribution in [0.25, 0.3) is 22.0 Å². The molecule has 20 heavy (non-hydrogen) atoms. The van der Waals surface area contributed by atoms with E-state index >= 15 is 0 Å². The van der Waals surface area contributed by atoms with E-state index in [4.69, 9.17) is 9.47 Å². The van der Waals surface area contributed by atoms with Gasteiger partial charge in [-0.05, 0) is 29.8 Å². The quantitative estimate of drug-likeness (QED) is 0.729. The van der Waals surface area contributed by atoms with Gasteiger partial charge in [0.15, 0.2) is 11.5 Å². The summed E-state index contributed by atoms with van der Waals surface area (Å²) in [5.41, 5.74) is 2.95. The molecule has 0 saturated carbocycles. The van der Waals surface area contributed by atoms with Crippen LogP contribution in [0.5, 0.6) is 11.5 Å². The Labute approximate surface area is 117 Å². The molecule has 0 N–H and O–H groups in total. The molecule has 2 heterocycles. The molecule has 4 nitrogen and oxygen atoms in total. The first-order valence-corrected chi connectivity index (χ1v) is 6.24. The molecule has 0 aliphatic rings. The minimum absolute atomic E-state index is 0.708. The Morgan fingerprint density at radius 1 is 0.850 bits per heavy atom. The highest BCUT2D eigenvalue weighted by Crippen LogP contribution is 2.32. The third-order valence-electron chi connectivity index (χ3n) is 3.20. The van der Waals surface area contributed by atoms with Gasteiger partial charge in [0, 0.05) is 23.3 Å². The molecular weight excluding hydrogens is 252 g/mol. The van der Waals surface area contributed by atoms with Crippen molar-refractivity contribution in [3.63, 3.8) is 0 Å². The van der Waals surface area contributed by atoms with Crippen molar-refractivity contribution in [1.82, 2.24) is 9.97 Å². The van der Waals surface area contributed by atoms with Crippen molar-refractivity contribution in [2.24, 2.45) is 0 Å². The van der Waals surface area contributed by atoms with Crippen LogP contribution in [0.1, 0.15) is 0 Å². The maximum absolute atomic E-state index is 5.33. The predicted octanol–water partition coefficient (Wildman–Crippen LogP) is 3.31. The number of rotatable bonds is 3. The van der Waals surface area contributed by atoms with E-state index in [-0.39, 0.29) is 0 Å². The highest BCUT2D eigenvalue weighted by Gasteiger charge is 2.07. The van der Waals surface area contributed by atoms with Gasteiger partial charge in [0.2, 0.25) is 0 Å². The maximum atomic E-state index is 5.33. The van der Waals surface area contributed by atoms with Crippen molar-refractivity contribution >= 4 is 10.9 Å². The van der Waals surface area contributed by atoms with Crippen molar-refractivity contribution in [3.05, 3.63) is 48.9 Å². The molecule has 0 aliphatic carbocycles. The third-order valence-corrected chi connectivity index (χ3v) is 3.20. The predicted molar refractivity (Wildman–Crippen MR) is 78.1 cm³/mol. The summed E-state index contributed by atoms with van der Waals surface area (Å²) < 4.78 is 10.6. The molecule has 0 fully saturated rings. The molecule has 0 atom stereocenters. The molecule has 3 aromatic rings. The molecule has 0 unspecified atom stereocenters. The lowest BCUT2D eigenvalue weighted by molar-refractivity contribution is 0.355. The SMILES string of the molecule is COc1ccc(-c2cnc3cnccc3c2)cc1OC. The molecule has 4 heteroatoms. The lowest BCUT2D eigenvalue weighted by atomic mass is 10.1. The van der Waals surface area contributed by atoms with E-state index in [9.17, 15) is 0 Å². The van der Waals surface area contributed by atoms with E-state index in [0.717, 1.165) is 22.0 Å². The first-order valence-electron chi connectivity index (χ1n) is 6.24. The second kappa shape index (κ2) is 5.17. The number of hydrogen-bond donors (Lipinski definition) is 0. The van der Waals surface area contributed by atoms with Crippen LogP contribution < -0.4 is 9.47 Å². The fourth-order valence-electron chi connectivity index (χ4n) is 2.14. The van der Waals surface area contributed by atoms with Crippen LogP contribution in [0, 0.1) is 0 Å². The molecule has 3 rings (SSSR count). The zero-order valence-electron chi connectivity index (χ0n) is 11.3. The van der Waals surface area contributed by atoms with Crippen molar-refractivity contribution in [3.8, 4) is 22.6 Å². The molecule has 0 radical (unpaired) electrons. The fraction of sp³-hybridized carbons (Fsp3) is 0.125. The number of methoxy groups -OCH3 is 2. The smallest absolute Gasteiger partial charge is 0.161 e. The molecule has 0 bridgehead atoms. The number of hydrogen-bond acceptors (Lipinski definition) is 4. The minimum atomic E-state index is 0.708. The number of pyridine rings is 2. The van der Waals surface area contributed by atoms with Gasteiger partial charge in [-0.1, -0.05) is 6.07 Å². The van der Waals surface area contributed by atoms with Crippen LogP contribution in [0.4, 0.5) is 0 Å². The monoisotopic (exact) mass is 266 g/mol. The van der Waals surface area contributed by atoms with Gasteiger partial charge in [-0.25, -0.2) is 0 Å². The molecule has 0 spiro atoms. The molecule has 1 aromatic carbocycles. The molecule has 0 aliphatic heterocycles. The summed E-state index contributed by atoms with van der Waals surface area (Å²) >= 11 is 0. The summed E-state index contributed by atoms with van der Waals surface area (Å²) in [6.07, 6.45) is 5.36. The van der Waals surface area contributed by atoms with E-state index in [0.29, 0.717) is 11.5 Å². The van der Waals surface area contributed by atoms with Crippen molar-refractivity contribution < 1.29 is 9.47 Å². The molecule has 2 aromatic heterocycles. The number of nitrogens with zero attached hydrogens (tertiary/aromatic N) is 2. The average molecular weight is 266 g/mol. The Kier molecular flexibility index (Phi) is 3.21. The summed E-state index contributed by atoms with van der Waals surface area (Å²) in [7, 11) is 3.26. The van der Waals surface area contributed by atoms with Gasteiger partial charge in [0.1, 0.15) is 0 Å². The van der Waals surface area contributed by atoms with Gasteiger partial charge in [-0.2, -0.15) is 0 Å². The second-order valence-electron chi connectivity index (χ2n) is 4.36. The van der Waals surface area contributed by atoms with Gasteiger partial charge in [0.05, 0.1) is 25.9 Å². The third kappa shape index (κ3) is 2.16. The first kappa shape index (κ1) is 12.4. The zero-order chi connectivity index (χ0) is 13.9. The first-order chi connectivity index (χ1) is 9.81. The van der Waals surface area contributed by atoms with Crippen molar-refractivity contribution in [2.45, 2.75) is 0 Å². The van der Waals surface area contributed by atoms with Crippen LogP contribution in [0.2, 0.25) is 0 Å². The van der Waals surface area contributed by atoms with Crippen LogP contribution in [0.3, 0.4) is 0 Å². The lowest BCUT2D eigenvalue weighted by Crippen LogP contribution is -1.91. The van der Waals surface area contributed by atoms with E-state index in [1.54, 1.807) is 26.6 Å². The highest BCUT2D eigenvalue weighted by molar-refractivity contribution is 5.83. The topological polar surface area (TPSA) is 44.2 Å². The summed E-state index contributed by atoms with van der Waals surface area (Å²) in [5, 5.41) is 1.06. The van der Waals surface area contributed by atoms with Crippen LogP contribution in [0.15, 0.2) is 48.9 Å². The minimum Gasteiger partial charge on any atom is -0.493 e. The molecule has 100 valence electrons. The van der Waals surface area contributed by atoms with Crippen molar-refractivity contribution in [2.75, 3.05) is 14.2 Å². The Balaban J connectivity index is 2.10. The van der Waals surface area contributed by atoms with Gasteiger partial charge in [-0.15, -0.1) is 0 Å². The number of aromatic nitrogens is 2. The largest absolute Gasteiger partial charge is 0.493 e. The summed E-state index contributed by atoms with van der Waals surface area (Å²) in [4.78, 5) is 8.49. The van der Waals surface area contributed by atoms with Crippen LogP contribution >= 0.6 is 0 Å². The van der Waals surface area contributed by atoms with E-state index in [1.807, 2.05) is 30.5 Å². The van der Waals surface area contributed by atoms with Gasteiger partial charge in [0.25, 0.3) is 0 Å². The molecule has 0 amide bonds. The highest BCUT2D eigenvalue weighted by atomic mass is 16.5. The number of benzene rings is 1. The lowest BCUT2D eigenvalue weighted by Gasteiger charge is -2.10. The van der Waals surface area contributed by atoms with Crippen LogP contribution in [-0.4, -0.2) is 24.2 Å². The van der Waals surface area contributed by atoms with E-state index in [2.05, 4.69) is 16.0 Å².